The molecule has 7 heteroatoms. The van der Waals surface area contributed by atoms with Crippen molar-refractivity contribution in [3.05, 3.63) is 16.6 Å². The standard InChI is InChI=1S/C12H11BrO6/c1-6(14)17-9-4-5-10(18-7(2)15)12(11(9)13)19-8(3)16/h4-5H,1-3H3. The molecule has 0 atom stereocenters. The molecule has 0 aliphatic carbocycles. The Morgan fingerprint density at radius 1 is 0.842 bits per heavy atom. The highest BCUT2D eigenvalue weighted by Gasteiger charge is 2.19. The molecule has 0 saturated carbocycles. The summed E-state index contributed by atoms with van der Waals surface area (Å²) in [6.45, 7) is 3.64. The van der Waals surface area contributed by atoms with E-state index in [1.54, 1.807) is 0 Å². The Kier molecular flexibility index (Phi) is 5.05. The second-order valence-corrected chi connectivity index (χ2v) is 4.28. The molecule has 0 unspecified atom stereocenters. The molecule has 1 aromatic rings. The van der Waals surface area contributed by atoms with Crippen LogP contribution in [0.4, 0.5) is 0 Å². The first kappa shape index (κ1) is 15.2. The molecule has 1 rings (SSSR count). The van der Waals surface area contributed by atoms with E-state index < -0.39 is 17.9 Å². The Labute approximate surface area is 117 Å². The van der Waals surface area contributed by atoms with E-state index in [4.69, 9.17) is 14.2 Å². The SMILES string of the molecule is CC(=O)Oc1ccc(OC(C)=O)c(OC(C)=O)c1Br. The van der Waals surface area contributed by atoms with Crippen LogP contribution in [0, 0.1) is 0 Å². The molecule has 0 aromatic heterocycles. The smallest absolute Gasteiger partial charge is 0.308 e. The van der Waals surface area contributed by atoms with Gasteiger partial charge in [0.05, 0.1) is 0 Å². The van der Waals surface area contributed by atoms with Crippen molar-refractivity contribution in [1.82, 2.24) is 0 Å². The topological polar surface area (TPSA) is 78.9 Å². The lowest BCUT2D eigenvalue weighted by molar-refractivity contribution is -0.134. The van der Waals surface area contributed by atoms with Crippen molar-refractivity contribution in [2.75, 3.05) is 0 Å². The van der Waals surface area contributed by atoms with Gasteiger partial charge in [-0.15, -0.1) is 0 Å². The highest BCUT2D eigenvalue weighted by atomic mass is 79.9. The summed E-state index contributed by atoms with van der Waals surface area (Å²) in [5, 5.41) is 0. The molecule has 19 heavy (non-hydrogen) atoms. The second-order valence-electron chi connectivity index (χ2n) is 3.49. The van der Waals surface area contributed by atoms with Crippen molar-refractivity contribution in [3.63, 3.8) is 0 Å². The third-order valence-corrected chi connectivity index (χ3v) is 2.53. The van der Waals surface area contributed by atoms with Gasteiger partial charge in [0, 0.05) is 20.8 Å². The quantitative estimate of drug-likeness (QED) is 0.624. The monoisotopic (exact) mass is 330 g/mol. The third kappa shape index (κ3) is 4.36. The van der Waals surface area contributed by atoms with Crippen LogP contribution in [0.3, 0.4) is 0 Å². The lowest BCUT2D eigenvalue weighted by Crippen LogP contribution is -2.09. The fraction of sp³-hybridized carbons (Fsp3) is 0.250. The zero-order valence-corrected chi connectivity index (χ0v) is 12.1. The van der Waals surface area contributed by atoms with Gasteiger partial charge in [-0.25, -0.2) is 0 Å². The highest BCUT2D eigenvalue weighted by molar-refractivity contribution is 9.10. The maximum atomic E-state index is 11.0. The first-order chi connectivity index (χ1) is 8.81. The van der Waals surface area contributed by atoms with Gasteiger partial charge in [-0.1, -0.05) is 0 Å². The van der Waals surface area contributed by atoms with Crippen molar-refractivity contribution in [3.8, 4) is 17.2 Å². The van der Waals surface area contributed by atoms with Crippen molar-refractivity contribution < 1.29 is 28.6 Å². The Morgan fingerprint density at radius 3 is 1.74 bits per heavy atom. The number of hydrogen-bond acceptors (Lipinski definition) is 6. The van der Waals surface area contributed by atoms with E-state index in [0.29, 0.717) is 0 Å². The largest absolute Gasteiger partial charge is 0.425 e. The number of ether oxygens (including phenoxy) is 3. The summed E-state index contributed by atoms with van der Waals surface area (Å²) >= 11 is 3.13. The maximum absolute atomic E-state index is 11.0. The molecule has 0 amide bonds. The van der Waals surface area contributed by atoms with Crippen LogP contribution in [0.2, 0.25) is 0 Å². The fourth-order valence-electron chi connectivity index (χ4n) is 1.23. The van der Waals surface area contributed by atoms with Gasteiger partial charge in [0.2, 0.25) is 0 Å². The number of carbonyl (C=O) groups excluding carboxylic acids is 3. The number of hydrogen-bond donors (Lipinski definition) is 0. The molecule has 0 bridgehead atoms. The zero-order chi connectivity index (χ0) is 14.6. The Morgan fingerprint density at radius 2 is 1.26 bits per heavy atom. The predicted molar refractivity (Wildman–Crippen MR) is 68.1 cm³/mol. The summed E-state index contributed by atoms with van der Waals surface area (Å²) in [6.07, 6.45) is 0. The molecule has 102 valence electrons. The van der Waals surface area contributed by atoms with Gasteiger partial charge in [0.1, 0.15) is 10.2 Å². The third-order valence-electron chi connectivity index (χ3n) is 1.78. The summed E-state index contributed by atoms with van der Waals surface area (Å²) < 4.78 is 15.0. The van der Waals surface area contributed by atoms with Crippen LogP contribution in [0.15, 0.2) is 16.6 Å². The van der Waals surface area contributed by atoms with Gasteiger partial charge in [0.15, 0.2) is 11.5 Å². The number of halogens is 1. The molecular formula is C12H11BrO6. The van der Waals surface area contributed by atoms with Crippen LogP contribution in [0.5, 0.6) is 17.2 Å². The molecule has 0 spiro atoms. The van der Waals surface area contributed by atoms with E-state index in [2.05, 4.69) is 15.9 Å². The van der Waals surface area contributed by atoms with Gasteiger partial charge < -0.3 is 14.2 Å². The minimum Gasteiger partial charge on any atom is -0.425 e. The summed E-state index contributed by atoms with van der Waals surface area (Å²) in [4.78, 5) is 32.9. The Bertz CT molecular complexity index is 537. The van der Waals surface area contributed by atoms with Gasteiger partial charge in [-0.05, 0) is 28.1 Å². The maximum Gasteiger partial charge on any atom is 0.308 e. The van der Waals surface area contributed by atoms with E-state index in [-0.39, 0.29) is 21.7 Å². The molecule has 6 nitrogen and oxygen atoms in total. The van der Waals surface area contributed by atoms with Gasteiger partial charge in [-0.2, -0.15) is 0 Å². The van der Waals surface area contributed by atoms with Crippen LogP contribution >= 0.6 is 15.9 Å². The molecule has 0 aliphatic rings. The molecule has 0 aliphatic heterocycles. The average molecular weight is 331 g/mol. The zero-order valence-electron chi connectivity index (χ0n) is 10.5. The molecule has 0 fully saturated rings. The van der Waals surface area contributed by atoms with Crippen LogP contribution in [-0.2, 0) is 14.4 Å². The van der Waals surface area contributed by atoms with Crippen molar-refractivity contribution in [1.29, 1.82) is 0 Å². The summed E-state index contributed by atoms with van der Waals surface area (Å²) in [5.41, 5.74) is 0. The fourth-order valence-corrected chi connectivity index (χ4v) is 1.72. The normalized spacial score (nSPS) is 9.68. The Hall–Kier alpha value is -1.89. The van der Waals surface area contributed by atoms with Crippen LogP contribution < -0.4 is 14.2 Å². The lowest BCUT2D eigenvalue weighted by atomic mass is 10.3. The molecule has 1 aromatic carbocycles. The molecule has 0 N–H and O–H groups in total. The highest BCUT2D eigenvalue weighted by Crippen LogP contribution is 2.42. The first-order valence-electron chi connectivity index (χ1n) is 5.19. The average Bonchev–Trinajstić information content (AvgIpc) is 2.26. The Balaban J connectivity index is 3.26. The van der Waals surface area contributed by atoms with Gasteiger partial charge in [-0.3, -0.25) is 14.4 Å². The van der Waals surface area contributed by atoms with E-state index >= 15 is 0 Å². The lowest BCUT2D eigenvalue weighted by Gasteiger charge is -2.13. The van der Waals surface area contributed by atoms with Crippen LogP contribution in [0.25, 0.3) is 0 Å². The van der Waals surface area contributed by atoms with E-state index in [1.807, 2.05) is 0 Å². The number of esters is 3. The van der Waals surface area contributed by atoms with Gasteiger partial charge >= 0.3 is 17.9 Å². The predicted octanol–water partition coefficient (Wildman–Crippen LogP) is 2.22. The summed E-state index contributed by atoms with van der Waals surface area (Å²) in [5.74, 6) is -1.53. The van der Waals surface area contributed by atoms with E-state index in [9.17, 15) is 14.4 Å². The van der Waals surface area contributed by atoms with Crippen molar-refractivity contribution in [2.45, 2.75) is 20.8 Å². The van der Waals surface area contributed by atoms with Gasteiger partial charge in [0.25, 0.3) is 0 Å². The number of rotatable bonds is 3. The first-order valence-corrected chi connectivity index (χ1v) is 5.98. The van der Waals surface area contributed by atoms with Crippen LogP contribution in [-0.4, -0.2) is 17.9 Å². The minimum atomic E-state index is -0.603. The summed E-state index contributed by atoms with van der Waals surface area (Å²) in [7, 11) is 0. The van der Waals surface area contributed by atoms with Crippen LogP contribution in [0.1, 0.15) is 20.8 Å². The summed E-state index contributed by atoms with van der Waals surface area (Å²) in [6, 6.07) is 2.78. The number of carbonyl (C=O) groups is 3. The molecule has 0 radical (unpaired) electrons. The number of benzene rings is 1. The van der Waals surface area contributed by atoms with E-state index in [0.717, 1.165) is 0 Å². The second kappa shape index (κ2) is 6.33. The molecule has 0 saturated heterocycles. The van der Waals surface area contributed by atoms with E-state index in [1.165, 1.54) is 32.9 Å². The van der Waals surface area contributed by atoms with Crippen molar-refractivity contribution in [2.24, 2.45) is 0 Å². The molecule has 0 heterocycles. The molecular weight excluding hydrogens is 320 g/mol. The minimum absolute atomic E-state index is 0.0264. The van der Waals surface area contributed by atoms with Crippen molar-refractivity contribution >= 4 is 33.8 Å².